The number of rotatable bonds is 4. The lowest BCUT2D eigenvalue weighted by molar-refractivity contribution is 0.0704. The molecular weight excluding hydrogens is 340 g/mol. The summed E-state index contributed by atoms with van der Waals surface area (Å²) in [5, 5.41) is 4.14. The smallest absolute Gasteiger partial charge is 0.255 e. The molecule has 6 heteroatoms. The molecule has 2 aromatic rings. The molecule has 0 bridgehead atoms. The molecule has 0 radical (unpaired) electrons. The van der Waals surface area contributed by atoms with Crippen LogP contribution in [0.2, 0.25) is 0 Å². The van der Waals surface area contributed by atoms with Gasteiger partial charge in [-0.25, -0.2) is 0 Å². The van der Waals surface area contributed by atoms with Crippen LogP contribution in [0.5, 0.6) is 0 Å². The molecule has 4 rings (SSSR count). The Morgan fingerprint density at radius 1 is 1.22 bits per heavy atom. The van der Waals surface area contributed by atoms with E-state index in [9.17, 15) is 4.79 Å². The minimum atomic E-state index is 0.129. The Bertz CT molecular complexity index is 810. The molecule has 2 saturated heterocycles. The van der Waals surface area contributed by atoms with Crippen LogP contribution < -0.4 is 4.90 Å². The number of hydrogen-bond acceptors (Lipinski definition) is 5. The lowest BCUT2D eigenvalue weighted by Gasteiger charge is -2.32. The summed E-state index contributed by atoms with van der Waals surface area (Å²) < 4.78 is 5.28. The predicted molar refractivity (Wildman–Crippen MR) is 104 cm³/mol. The van der Waals surface area contributed by atoms with Gasteiger partial charge in [-0.3, -0.25) is 4.79 Å². The van der Waals surface area contributed by atoms with Crippen molar-refractivity contribution in [1.82, 2.24) is 15.0 Å². The molecule has 1 unspecified atom stereocenters. The fourth-order valence-electron chi connectivity index (χ4n) is 4.18. The van der Waals surface area contributed by atoms with Crippen LogP contribution >= 0.6 is 0 Å². The molecule has 0 spiro atoms. The standard InChI is InChI=1S/C21H28N4O2/c1-3-19-22-20(23-27-19)16-7-6-12-25(14-16)21(26)17-13-15(2)8-9-18(17)24-10-4-5-11-24/h8-9,13,16H,3-7,10-12,14H2,1-2H3. The van der Waals surface area contributed by atoms with Crippen LogP contribution in [0.4, 0.5) is 5.69 Å². The van der Waals surface area contributed by atoms with E-state index in [1.165, 1.54) is 12.8 Å². The number of hydrogen-bond donors (Lipinski definition) is 0. The summed E-state index contributed by atoms with van der Waals surface area (Å²) in [6.45, 7) is 7.58. The van der Waals surface area contributed by atoms with E-state index in [0.717, 1.165) is 61.5 Å². The first-order valence-corrected chi connectivity index (χ1v) is 10.1. The zero-order chi connectivity index (χ0) is 18.8. The molecule has 0 N–H and O–H groups in total. The van der Waals surface area contributed by atoms with Crippen LogP contribution in [0.25, 0.3) is 0 Å². The molecule has 144 valence electrons. The summed E-state index contributed by atoms with van der Waals surface area (Å²) in [6.07, 6.45) is 5.11. The van der Waals surface area contributed by atoms with Gasteiger partial charge in [0.2, 0.25) is 5.89 Å². The van der Waals surface area contributed by atoms with Crippen LogP contribution in [-0.2, 0) is 6.42 Å². The maximum atomic E-state index is 13.4. The number of amides is 1. The summed E-state index contributed by atoms with van der Waals surface area (Å²) in [5.74, 6) is 1.70. The Labute approximate surface area is 160 Å². The fourth-order valence-corrected chi connectivity index (χ4v) is 4.18. The highest BCUT2D eigenvalue weighted by molar-refractivity contribution is 6.00. The van der Waals surface area contributed by atoms with Gasteiger partial charge in [0.1, 0.15) is 0 Å². The average molecular weight is 368 g/mol. The summed E-state index contributed by atoms with van der Waals surface area (Å²) in [5.41, 5.74) is 3.04. The van der Waals surface area contributed by atoms with E-state index in [0.29, 0.717) is 12.4 Å². The SMILES string of the molecule is CCc1nc(C2CCCN(C(=O)c3cc(C)ccc3N3CCCC3)C2)no1. The van der Waals surface area contributed by atoms with E-state index < -0.39 is 0 Å². The molecule has 2 aliphatic rings. The van der Waals surface area contributed by atoms with Crippen LogP contribution in [-0.4, -0.2) is 47.1 Å². The summed E-state index contributed by atoms with van der Waals surface area (Å²) in [4.78, 5) is 22.2. The minimum Gasteiger partial charge on any atom is -0.371 e. The molecule has 3 heterocycles. The van der Waals surface area contributed by atoms with Crippen molar-refractivity contribution in [3.8, 4) is 0 Å². The molecule has 1 aromatic carbocycles. The Hall–Kier alpha value is -2.37. The van der Waals surface area contributed by atoms with Gasteiger partial charge in [-0.1, -0.05) is 23.7 Å². The zero-order valence-electron chi connectivity index (χ0n) is 16.3. The van der Waals surface area contributed by atoms with E-state index in [-0.39, 0.29) is 11.8 Å². The molecule has 0 saturated carbocycles. The van der Waals surface area contributed by atoms with Gasteiger partial charge in [-0.05, 0) is 44.7 Å². The van der Waals surface area contributed by atoms with Gasteiger partial charge in [0.15, 0.2) is 5.82 Å². The largest absolute Gasteiger partial charge is 0.371 e. The first kappa shape index (κ1) is 18.0. The van der Waals surface area contributed by atoms with Crippen molar-refractivity contribution in [2.75, 3.05) is 31.1 Å². The van der Waals surface area contributed by atoms with Gasteiger partial charge >= 0.3 is 0 Å². The lowest BCUT2D eigenvalue weighted by Crippen LogP contribution is -2.40. The van der Waals surface area contributed by atoms with Crippen molar-refractivity contribution in [2.24, 2.45) is 0 Å². The van der Waals surface area contributed by atoms with Gasteiger partial charge in [0.05, 0.1) is 5.56 Å². The Morgan fingerprint density at radius 2 is 2.04 bits per heavy atom. The van der Waals surface area contributed by atoms with Gasteiger partial charge in [-0.15, -0.1) is 0 Å². The highest BCUT2D eigenvalue weighted by Crippen LogP contribution is 2.30. The summed E-state index contributed by atoms with van der Waals surface area (Å²) in [7, 11) is 0. The molecule has 1 amide bonds. The van der Waals surface area contributed by atoms with Gasteiger partial charge in [-0.2, -0.15) is 4.98 Å². The highest BCUT2D eigenvalue weighted by Gasteiger charge is 2.30. The van der Waals surface area contributed by atoms with E-state index >= 15 is 0 Å². The number of anilines is 1. The molecule has 27 heavy (non-hydrogen) atoms. The number of likely N-dealkylation sites (tertiary alicyclic amines) is 1. The first-order chi connectivity index (χ1) is 13.2. The molecule has 0 aliphatic carbocycles. The van der Waals surface area contributed by atoms with Crippen molar-refractivity contribution in [2.45, 2.75) is 51.9 Å². The molecule has 1 atom stereocenters. The van der Waals surface area contributed by atoms with E-state index in [1.54, 1.807) is 0 Å². The number of piperidine rings is 1. The fraction of sp³-hybridized carbons (Fsp3) is 0.571. The van der Waals surface area contributed by atoms with Crippen molar-refractivity contribution >= 4 is 11.6 Å². The van der Waals surface area contributed by atoms with Gasteiger partial charge < -0.3 is 14.3 Å². The van der Waals surface area contributed by atoms with Gasteiger partial charge in [0.25, 0.3) is 5.91 Å². The predicted octanol–water partition coefficient (Wildman–Crippen LogP) is 3.56. The molecule has 2 fully saturated rings. The van der Waals surface area contributed by atoms with Gasteiger partial charge in [0, 0.05) is 44.2 Å². The molecular formula is C21H28N4O2. The summed E-state index contributed by atoms with van der Waals surface area (Å²) in [6, 6.07) is 6.26. The maximum absolute atomic E-state index is 13.4. The summed E-state index contributed by atoms with van der Waals surface area (Å²) >= 11 is 0. The van der Waals surface area contributed by atoms with Crippen LogP contribution in [0.3, 0.4) is 0 Å². The Morgan fingerprint density at radius 3 is 2.78 bits per heavy atom. The minimum absolute atomic E-state index is 0.129. The third kappa shape index (κ3) is 3.70. The monoisotopic (exact) mass is 368 g/mol. The highest BCUT2D eigenvalue weighted by atomic mass is 16.5. The van der Waals surface area contributed by atoms with Crippen molar-refractivity contribution in [1.29, 1.82) is 0 Å². The molecule has 1 aromatic heterocycles. The normalized spacial score (nSPS) is 20.3. The topological polar surface area (TPSA) is 62.5 Å². The zero-order valence-corrected chi connectivity index (χ0v) is 16.3. The van der Waals surface area contributed by atoms with Crippen LogP contribution in [0, 0.1) is 6.92 Å². The second-order valence-electron chi connectivity index (χ2n) is 7.70. The van der Waals surface area contributed by atoms with Crippen LogP contribution in [0.15, 0.2) is 22.7 Å². The van der Waals surface area contributed by atoms with E-state index in [1.807, 2.05) is 17.9 Å². The number of aryl methyl sites for hydroxylation is 2. The van der Waals surface area contributed by atoms with Crippen LogP contribution in [0.1, 0.15) is 66.2 Å². The number of nitrogens with zero attached hydrogens (tertiary/aromatic N) is 4. The van der Waals surface area contributed by atoms with E-state index in [2.05, 4.69) is 34.1 Å². The number of benzene rings is 1. The van der Waals surface area contributed by atoms with E-state index in [4.69, 9.17) is 4.52 Å². The third-order valence-electron chi connectivity index (χ3n) is 5.69. The van der Waals surface area contributed by atoms with Crippen molar-refractivity contribution < 1.29 is 9.32 Å². The number of carbonyl (C=O) groups is 1. The lowest BCUT2D eigenvalue weighted by atomic mass is 9.96. The molecule has 2 aliphatic heterocycles. The number of aromatic nitrogens is 2. The Kier molecular flexibility index (Phi) is 5.14. The van der Waals surface area contributed by atoms with Crippen molar-refractivity contribution in [3.63, 3.8) is 0 Å². The maximum Gasteiger partial charge on any atom is 0.255 e. The first-order valence-electron chi connectivity index (χ1n) is 10.1. The average Bonchev–Trinajstić information content (AvgIpc) is 3.39. The molecule has 6 nitrogen and oxygen atoms in total. The second-order valence-corrected chi connectivity index (χ2v) is 7.70. The van der Waals surface area contributed by atoms with Crippen molar-refractivity contribution in [3.05, 3.63) is 41.0 Å². The third-order valence-corrected chi connectivity index (χ3v) is 5.69. The quantitative estimate of drug-likeness (QED) is 0.826. The second kappa shape index (κ2) is 7.71. The number of carbonyl (C=O) groups excluding carboxylic acids is 1. The Balaban J connectivity index is 1.56.